The van der Waals surface area contributed by atoms with Crippen molar-refractivity contribution < 1.29 is 19.1 Å². The van der Waals surface area contributed by atoms with Crippen molar-refractivity contribution in [2.75, 3.05) is 48.5 Å². The number of rotatable bonds is 3. The molecule has 146 valence electrons. The SMILES string of the molecule is CC(=O)Nc1cccc(N2CCN(C(=O)Nc3ccc4c(c3)OCO4)CC2)c1. The van der Waals surface area contributed by atoms with E-state index in [2.05, 4.69) is 15.5 Å². The molecule has 8 nitrogen and oxygen atoms in total. The number of hydrogen-bond donors (Lipinski definition) is 2. The molecule has 0 radical (unpaired) electrons. The van der Waals surface area contributed by atoms with Crippen LogP contribution in [0.4, 0.5) is 21.9 Å². The van der Waals surface area contributed by atoms with E-state index in [1.54, 1.807) is 23.1 Å². The number of hydrogen-bond acceptors (Lipinski definition) is 5. The Balaban J connectivity index is 1.33. The highest BCUT2D eigenvalue weighted by Gasteiger charge is 2.22. The molecular formula is C20H22N4O4. The van der Waals surface area contributed by atoms with Crippen LogP contribution >= 0.6 is 0 Å². The number of amides is 3. The molecule has 2 N–H and O–H groups in total. The molecule has 2 aliphatic rings. The van der Waals surface area contributed by atoms with E-state index in [1.807, 2.05) is 24.3 Å². The van der Waals surface area contributed by atoms with E-state index >= 15 is 0 Å². The highest BCUT2D eigenvalue weighted by Crippen LogP contribution is 2.34. The lowest BCUT2D eigenvalue weighted by Crippen LogP contribution is -2.50. The van der Waals surface area contributed by atoms with Gasteiger partial charge in [-0.05, 0) is 30.3 Å². The van der Waals surface area contributed by atoms with E-state index in [0.29, 0.717) is 30.3 Å². The van der Waals surface area contributed by atoms with Crippen LogP contribution in [0.25, 0.3) is 0 Å². The van der Waals surface area contributed by atoms with E-state index in [4.69, 9.17) is 9.47 Å². The third kappa shape index (κ3) is 3.95. The van der Waals surface area contributed by atoms with Gasteiger partial charge in [0.25, 0.3) is 0 Å². The maximum absolute atomic E-state index is 12.6. The number of nitrogens with one attached hydrogen (secondary N) is 2. The predicted molar refractivity (Wildman–Crippen MR) is 106 cm³/mol. The Labute approximate surface area is 163 Å². The van der Waals surface area contributed by atoms with Gasteiger partial charge in [-0.2, -0.15) is 0 Å². The Morgan fingerprint density at radius 3 is 2.43 bits per heavy atom. The second kappa shape index (κ2) is 7.67. The van der Waals surface area contributed by atoms with E-state index in [1.165, 1.54) is 6.92 Å². The molecule has 2 aliphatic heterocycles. The van der Waals surface area contributed by atoms with Crippen molar-refractivity contribution >= 4 is 29.0 Å². The van der Waals surface area contributed by atoms with Crippen molar-refractivity contribution in [1.82, 2.24) is 4.90 Å². The second-order valence-electron chi connectivity index (χ2n) is 6.70. The van der Waals surface area contributed by atoms with Crippen molar-refractivity contribution in [2.24, 2.45) is 0 Å². The molecular weight excluding hydrogens is 360 g/mol. The van der Waals surface area contributed by atoms with Gasteiger partial charge in [0.15, 0.2) is 11.5 Å². The zero-order valence-electron chi connectivity index (χ0n) is 15.6. The lowest BCUT2D eigenvalue weighted by molar-refractivity contribution is -0.114. The fourth-order valence-corrected chi connectivity index (χ4v) is 3.33. The topological polar surface area (TPSA) is 83.1 Å². The molecule has 28 heavy (non-hydrogen) atoms. The van der Waals surface area contributed by atoms with E-state index in [-0.39, 0.29) is 18.7 Å². The van der Waals surface area contributed by atoms with Crippen LogP contribution < -0.4 is 25.0 Å². The van der Waals surface area contributed by atoms with E-state index < -0.39 is 0 Å². The molecule has 0 aliphatic carbocycles. The molecule has 0 atom stereocenters. The summed E-state index contributed by atoms with van der Waals surface area (Å²) >= 11 is 0. The monoisotopic (exact) mass is 382 g/mol. The normalized spacial score (nSPS) is 15.3. The molecule has 0 aromatic heterocycles. The zero-order chi connectivity index (χ0) is 19.5. The highest BCUT2D eigenvalue weighted by molar-refractivity contribution is 5.90. The minimum atomic E-state index is -0.134. The molecule has 0 unspecified atom stereocenters. The average molecular weight is 382 g/mol. The lowest BCUT2D eigenvalue weighted by atomic mass is 10.2. The third-order valence-corrected chi connectivity index (χ3v) is 4.72. The Kier molecular flexibility index (Phi) is 4.92. The van der Waals surface area contributed by atoms with Crippen molar-refractivity contribution in [3.05, 3.63) is 42.5 Å². The summed E-state index contributed by atoms with van der Waals surface area (Å²) in [7, 11) is 0. The Bertz CT molecular complexity index is 894. The summed E-state index contributed by atoms with van der Waals surface area (Å²) < 4.78 is 10.6. The van der Waals surface area contributed by atoms with E-state index in [9.17, 15) is 9.59 Å². The van der Waals surface area contributed by atoms with Crippen LogP contribution in [0.15, 0.2) is 42.5 Å². The largest absolute Gasteiger partial charge is 0.454 e. The number of nitrogens with zero attached hydrogens (tertiary/aromatic N) is 2. The van der Waals surface area contributed by atoms with Crippen LogP contribution in [-0.2, 0) is 4.79 Å². The maximum atomic E-state index is 12.6. The summed E-state index contributed by atoms with van der Waals surface area (Å²) in [5.74, 6) is 1.23. The number of piperazine rings is 1. The molecule has 1 fully saturated rings. The van der Waals surface area contributed by atoms with Gasteiger partial charge in [-0.3, -0.25) is 4.79 Å². The minimum absolute atomic E-state index is 0.0952. The zero-order valence-corrected chi connectivity index (χ0v) is 15.6. The van der Waals surface area contributed by atoms with Crippen LogP contribution in [0.1, 0.15) is 6.92 Å². The number of anilines is 3. The predicted octanol–water partition coefficient (Wildman–Crippen LogP) is 2.73. The van der Waals surface area contributed by atoms with Gasteiger partial charge in [-0.1, -0.05) is 6.07 Å². The smallest absolute Gasteiger partial charge is 0.321 e. The molecule has 3 amide bonds. The molecule has 2 aromatic carbocycles. The quantitative estimate of drug-likeness (QED) is 0.853. The standard InChI is InChI=1S/C20H22N4O4/c1-14(25)21-15-3-2-4-17(11-15)23-7-9-24(10-8-23)20(26)22-16-5-6-18-19(12-16)28-13-27-18/h2-6,11-12H,7-10,13H2,1H3,(H,21,25)(H,22,26). The van der Waals surface area contributed by atoms with Gasteiger partial charge in [0.1, 0.15) is 0 Å². The average Bonchev–Trinajstić information content (AvgIpc) is 3.15. The van der Waals surface area contributed by atoms with Crippen LogP contribution in [0, 0.1) is 0 Å². The lowest BCUT2D eigenvalue weighted by Gasteiger charge is -2.36. The Morgan fingerprint density at radius 1 is 0.893 bits per heavy atom. The number of carbonyl (C=O) groups excluding carboxylic acids is 2. The van der Waals surface area contributed by atoms with Gasteiger partial charge in [0.2, 0.25) is 12.7 Å². The molecule has 0 spiro atoms. The first-order valence-corrected chi connectivity index (χ1v) is 9.17. The number of benzene rings is 2. The van der Waals surface area contributed by atoms with Crippen molar-refractivity contribution in [1.29, 1.82) is 0 Å². The summed E-state index contributed by atoms with van der Waals surface area (Å²) in [6.07, 6.45) is 0. The van der Waals surface area contributed by atoms with Gasteiger partial charge in [0.05, 0.1) is 0 Å². The molecule has 8 heteroatoms. The molecule has 0 bridgehead atoms. The first-order chi connectivity index (χ1) is 13.6. The van der Waals surface area contributed by atoms with Gasteiger partial charge in [0, 0.05) is 56.2 Å². The Hall–Kier alpha value is -3.42. The highest BCUT2D eigenvalue weighted by atomic mass is 16.7. The maximum Gasteiger partial charge on any atom is 0.321 e. The number of fused-ring (bicyclic) bond motifs is 1. The second-order valence-corrected chi connectivity index (χ2v) is 6.70. The molecule has 1 saturated heterocycles. The first-order valence-electron chi connectivity index (χ1n) is 9.17. The summed E-state index contributed by atoms with van der Waals surface area (Å²) in [4.78, 5) is 27.8. The van der Waals surface area contributed by atoms with Gasteiger partial charge < -0.3 is 29.9 Å². The van der Waals surface area contributed by atoms with Crippen LogP contribution in [-0.4, -0.2) is 49.8 Å². The molecule has 2 aromatic rings. The summed E-state index contributed by atoms with van der Waals surface area (Å²) in [6, 6.07) is 13.0. The molecule has 0 saturated carbocycles. The van der Waals surface area contributed by atoms with Crippen LogP contribution in [0.2, 0.25) is 0 Å². The number of ether oxygens (including phenoxy) is 2. The van der Waals surface area contributed by atoms with Crippen molar-refractivity contribution in [3.8, 4) is 11.5 Å². The summed E-state index contributed by atoms with van der Waals surface area (Å²) in [5, 5.41) is 5.71. The number of carbonyl (C=O) groups is 2. The third-order valence-electron chi connectivity index (χ3n) is 4.72. The van der Waals surface area contributed by atoms with Crippen molar-refractivity contribution in [3.63, 3.8) is 0 Å². The first kappa shape index (κ1) is 18.0. The molecule has 2 heterocycles. The summed E-state index contributed by atoms with van der Waals surface area (Å²) in [6.45, 7) is 4.36. The van der Waals surface area contributed by atoms with Gasteiger partial charge >= 0.3 is 6.03 Å². The minimum Gasteiger partial charge on any atom is -0.454 e. The van der Waals surface area contributed by atoms with Crippen molar-refractivity contribution in [2.45, 2.75) is 6.92 Å². The van der Waals surface area contributed by atoms with E-state index in [0.717, 1.165) is 24.5 Å². The van der Waals surface area contributed by atoms with Crippen LogP contribution in [0.5, 0.6) is 11.5 Å². The van der Waals surface area contributed by atoms with Gasteiger partial charge in [-0.15, -0.1) is 0 Å². The number of urea groups is 1. The fourth-order valence-electron chi connectivity index (χ4n) is 3.33. The van der Waals surface area contributed by atoms with Crippen LogP contribution in [0.3, 0.4) is 0 Å². The fraction of sp³-hybridized carbons (Fsp3) is 0.300. The Morgan fingerprint density at radius 2 is 1.64 bits per heavy atom. The summed E-state index contributed by atoms with van der Waals surface area (Å²) in [5.41, 5.74) is 2.48. The van der Waals surface area contributed by atoms with Gasteiger partial charge in [-0.25, -0.2) is 4.79 Å². The molecule has 4 rings (SSSR count).